The lowest BCUT2D eigenvalue weighted by molar-refractivity contribution is 0.772. The van der Waals surface area contributed by atoms with Crippen LogP contribution < -0.4 is 4.90 Å². The Kier molecular flexibility index (Phi) is 11.3. The van der Waals surface area contributed by atoms with Crippen LogP contribution in [0.25, 0.3) is 99.5 Å². The molecule has 390 valence electrons. The third-order valence-electron chi connectivity index (χ3n) is 17.7. The summed E-state index contributed by atoms with van der Waals surface area (Å²) in [4.78, 5) is 2.49. The number of anilines is 3. The van der Waals surface area contributed by atoms with Crippen molar-refractivity contribution in [2.75, 3.05) is 4.90 Å². The molecule has 83 heavy (non-hydrogen) atoms. The van der Waals surface area contributed by atoms with Gasteiger partial charge in [0.15, 0.2) is 0 Å². The Balaban J connectivity index is 0.825. The monoisotopic (exact) mass is 1060 g/mol. The smallest absolute Gasteiger partial charge is 0.0683 e. The number of fused-ring (bicyclic) bond motifs is 13. The van der Waals surface area contributed by atoms with Gasteiger partial charge in [-0.25, -0.2) is 0 Å². The highest BCUT2D eigenvalue weighted by Crippen LogP contribution is 2.62. The van der Waals surface area contributed by atoms with Crippen LogP contribution in [0.5, 0.6) is 0 Å². The summed E-state index contributed by atoms with van der Waals surface area (Å²) in [6.07, 6.45) is 9.21. The molecule has 0 unspecified atom stereocenters. The molecule has 2 aromatic heterocycles. The van der Waals surface area contributed by atoms with Gasteiger partial charge in [0.2, 0.25) is 0 Å². The zero-order valence-electron chi connectivity index (χ0n) is 45.7. The Morgan fingerprint density at radius 1 is 0.361 bits per heavy atom. The number of para-hydroxylation sites is 3. The summed E-state index contributed by atoms with van der Waals surface area (Å²) in [5.74, 6) is 0. The number of hydrogen-bond acceptors (Lipinski definition) is 1. The standard InChI is InChI=1S/C80H55N3/c1-2-3-6-23-59-53-70-73(80(59)71-31-15-11-26-65(71)66-27-12-16-32-72(66)80)33-20-36-76(70)81(62-49-42-57(43-50-62)64-30-19-37-78-79(64)68-29-14-18-35-75(68)83(78)60-24-9-5-10-25-60)61-45-38-55(39-46-61)56-40-47-63(48-41-56)82-74-34-17-13-28-67(74)69-52-58(44-51-77(69)82)54-21-7-4-8-22-54/h2-52H,1,53H2/b6-3-,59-23+. The average Bonchev–Trinajstić information content (AvgIpc) is 1.70. The SMILES string of the molecule is C=C/C=C\C=C1/Cc2c(N(c3ccc(-c4ccc(-n5c6ccccc6c6cc(-c7ccccc7)ccc65)cc4)cc3)c3ccc(-c4cccc5c4c4ccccc4n5-c4ccccc4)cc3)cccc2C12c1ccccc1-c1ccccc12. The first-order chi connectivity index (χ1) is 41.2. The van der Waals surface area contributed by atoms with Gasteiger partial charge in [-0.3, -0.25) is 0 Å². The first-order valence-corrected chi connectivity index (χ1v) is 28.7. The van der Waals surface area contributed by atoms with E-state index in [1.807, 2.05) is 12.2 Å². The lowest BCUT2D eigenvalue weighted by atomic mass is 9.70. The Morgan fingerprint density at radius 2 is 0.855 bits per heavy atom. The molecule has 1 spiro atoms. The van der Waals surface area contributed by atoms with Crippen LogP contribution in [-0.2, 0) is 11.8 Å². The lowest BCUT2D eigenvalue weighted by Crippen LogP contribution is -2.26. The molecular formula is C80H55N3. The predicted molar refractivity (Wildman–Crippen MR) is 349 cm³/mol. The largest absolute Gasteiger partial charge is 0.310 e. The highest BCUT2D eigenvalue weighted by Gasteiger charge is 2.52. The van der Waals surface area contributed by atoms with Crippen molar-refractivity contribution in [3.8, 4) is 55.9 Å². The molecule has 2 aliphatic rings. The van der Waals surface area contributed by atoms with Crippen LogP contribution in [0.3, 0.4) is 0 Å². The molecule has 0 fully saturated rings. The number of benzene rings is 12. The van der Waals surface area contributed by atoms with Crippen LogP contribution in [0, 0.1) is 0 Å². The van der Waals surface area contributed by atoms with Crippen LogP contribution >= 0.6 is 0 Å². The van der Waals surface area contributed by atoms with Crippen molar-refractivity contribution < 1.29 is 0 Å². The quantitative estimate of drug-likeness (QED) is 0.124. The minimum atomic E-state index is -0.461. The molecule has 3 nitrogen and oxygen atoms in total. The third-order valence-corrected chi connectivity index (χ3v) is 17.7. The molecule has 0 atom stereocenters. The number of hydrogen-bond donors (Lipinski definition) is 0. The maximum atomic E-state index is 4.04. The van der Waals surface area contributed by atoms with Crippen molar-refractivity contribution in [3.63, 3.8) is 0 Å². The van der Waals surface area contributed by atoms with Gasteiger partial charge in [-0.2, -0.15) is 0 Å². The zero-order chi connectivity index (χ0) is 55.0. The van der Waals surface area contributed by atoms with Crippen molar-refractivity contribution in [1.29, 1.82) is 0 Å². The summed E-state index contributed by atoms with van der Waals surface area (Å²) >= 11 is 0. The van der Waals surface area contributed by atoms with Gasteiger partial charge in [-0.1, -0.05) is 231 Å². The van der Waals surface area contributed by atoms with E-state index in [0.29, 0.717) is 0 Å². The van der Waals surface area contributed by atoms with E-state index in [0.717, 1.165) is 40.3 Å². The van der Waals surface area contributed by atoms with Crippen LogP contribution in [0.15, 0.2) is 322 Å². The number of allylic oxidation sites excluding steroid dienone is 5. The van der Waals surface area contributed by atoms with Gasteiger partial charge in [0, 0.05) is 50.0 Å². The van der Waals surface area contributed by atoms with E-state index >= 15 is 0 Å². The van der Waals surface area contributed by atoms with Gasteiger partial charge >= 0.3 is 0 Å². The Bertz CT molecular complexity index is 4870. The minimum Gasteiger partial charge on any atom is -0.310 e. The predicted octanol–water partition coefficient (Wildman–Crippen LogP) is 20.9. The van der Waals surface area contributed by atoms with Gasteiger partial charge in [-0.15, -0.1) is 0 Å². The topological polar surface area (TPSA) is 13.1 Å². The van der Waals surface area contributed by atoms with Crippen LogP contribution in [0.4, 0.5) is 17.1 Å². The Hall–Kier alpha value is -10.7. The molecule has 0 amide bonds. The molecule has 12 aromatic carbocycles. The second-order valence-electron chi connectivity index (χ2n) is 21.9. The molecule has 16 rings (SSSR count). The summed E-state index contributed by atoms with van der Waals surface area (Å²) in [6.45, 7) is 4.04. The second-order valence-corrected chi connectivity index (χ2v) is 21.9. The molecular weight excluding hydrogens is 1000 g/mol. The van der Waals surface area contributed by atoms with Gasteiger partial charge < -0.3 is 14.0 Å². The molecule has 14 aromatic rings. The Morgan fingerprint density at radius 3 is 1.55 bits per heavy atom. The van der Waals surface area contributed by atoms with E-state index < -0.39 is 5.41 Å². The molecule has 0 radical (unpaired) electrons. The van der Waals surface area contributed by atoms with E-state index in [1.54, 1.807) is 0 Å². The van der Waals surface area contributed by atoms with Gasteiger partial charge in [-0.05, 0) is 164 Å². The first kappa shape index (κ1) is 48.2. The number of rotatable bonds is 10. The van der Waals surface area contributed by atoms with Crippen LogP contribution in [0.2, 0.25) is 0 Å². The summed E-state index contributed by atoms with van der Waals surface area (Å²) in [7, 11) is 0. The van der Waals surface area contributed by atoms with Crippen molar-refractivity contribution in [1.82, 2.24) is 9.13 Å². The van der Waals surface area contributed by atoms with Crippen LogP contribution in [-0.4, -0.2) is 9.13 Å². The molecule has 0 saturated heterocycles. The van der Waals surface area contributed by atoms with E-state index in [1.165, 1.54) is 111 Å². The molecule has 0 N–H and O–H groups in total. The molecule has 2 aliphatic carbocycles. The average molecular weight is 1060 g/mol. The highest BCUT2D eigenvalue weighted by molar-refractivity contribution is 6.16. The fourth-order valence-corrected chi connectivity index (χ4v) is 14.1. The van der Waals surface area contributed by atoms with E-state index in [2.05, 4.69) is 318 Å². The fourth-order valence-electron chi connectivity index (χ4n) is 14.1. The third kappa shape index (κ3) is 7.52. The minimum absolute atomic E-state index is 0.461. The van der Waals surface area contributed by atoms with E-state index in [9.17, 15) is 0 Å². The van der Waals surface area contributed by atoms with Crippen molar-refractivity contribution in [3.05, 3.63) is 344 Å². The van der Waals surface area contributed by atoms with Gasteiger partial charge in [0.25, 0.3) is 0 Å². The first-order valence-electron chi connectivity index (χ1n) is 28.7. The highest BCUT2D eigenvalue weighted by atomic mass is 15.1. The van der Waals surface area contributed by atoms with E-state index in [4.69, 9.17) is 0 Å². The number of nitrogens with zero attached hydrogens (tertiary/aromatic N) is 3. The lowest BCUT2D eigenvalue weighted by Gasteiger charge is -2.32. The summed E-state index contributed by atoms with van der Waals surface area (Å²) < 4.78 is 4.80. The summed E-state index contributed by atoms with van der Waals surface area (Å²) in [6, 6.07) is 105. The van der Waals surface area contributed by atoms with Gasteiger partial charge in [0.1, 0.15) is 0 Å². The fraction of sp³-hybridized carbons (Fsp3) is 0.0250. The van der Waals surface area contributed by atoms with E-state index in [-0.39, 0.29) is 0 Å². The maximum absolute atomic E-state index is 4.04. The molecule has 3 heteroatoms. The normalized spacial score (nSPS) is 13.6. The van der Waals surface area contributed by atoms with Crippen LogP contribution in [0.1, 0.15) is 22.3 Å². The molecule has 0 aliphatic heterocycles. The number of aromatic nitrogens is 2. The molecule has 2 heterocycles. The van der Waals surface area contributed by atoms with Crippen molar-refractivity contribution in [2.24, 2.45) is 0 Å². The van der Waals surface area contributed by atoms with Gasteiger partial charge in [0.05, 0.1) is 27.5 Å². The Labute approximate surface area is 483 Å². The summed E-state index contributed by atoms with van der Waals surface area (Å²) in [5, 5.41) is 4.99. The molecule has 0 saturated carbocycles. The maximum Gasteiger partial charge on any atom is 0.0683 e. The second kappa shape index (κ2) is 19.5. The molecule has 0 bridgehead atoms. The van der Waals surface area contributed by atoms with Crippen molar-refractivity contribution >= 4 is 60.7 Å². The van der Waals surface area contributed by atoms with Crippen molar-refractivity contribution in [2.45, 2.75) is 11.8 Å². The summed E-state index contributed by atoms with van der Waals surface area (Å²) in [5.41, 5.74) is 26.3. The zero-order valence-corrected chi connectivity index (χ0v) is 45.7.